The Morgan fingerprint density at radius 1 is 0.880 bits per heavy atom. The predicted molar refractivity (Wildman–Crippen MR) is 80.5 cm³/mol. The number of alkyl halides is 3. The van der Waals surface area contributed by atoms with E-state index in [0.717, 1.165) is 6.08 Å². The third-order valence-electron chi connectivity index (χ3n) is 4.66. The molecule has 2 aliphatic rings. The van der Waals surface area contributed by atoms with Crippen LogP contribution in [0.1, 0.15) is 13.8 Å². The molecule has 1 fully saturated rings. The van der Waals surface area contributed by atoms with E-state index in [9.17, 15) is 13.2 Å². The maximum Gasteiger partial charge on any atom is 0.413 e. The van der Waals surface area contributed by atoms with E-state index in [0.29, 0.717) is 16.7 Å². The SMILES string of the molecule is CC(C1=CC=C(C(F)(F)F)C2C1C2C(C)=C(C#N)C#N)=C(C#N)C#N. The predicted octanol–water partition coefficient (Wildman–Crippen LogP) is 4.00. The molecule has 2 rings (SSSR count). The molecule has 0 aromatic rings. The molecule has 0 N–H and O–H groups in total. The Morgan fingerprint density at radius 3 is 1.84 bits per heavy atom. The second-order valence-electron chi connectivity index (χ2n) is 5.82. The van der Waals surface area contributed by atoms with E-state index < -0.39 is 29.5 Å². The van der Waals surface area contributed by atoms with Crippen molar-refractivity contribution in [2.75, 3.05) is 0 Å². The van der Waals surface area contributed by atoms with Crippen molar-refractivity contribution >= 4 is 0 Å². The van der Waals surface area contributed by atoms with Gasteiger partial charge in [0, 0.05) is 11.5 Å². The summed E-state index contributed by atoms with van der Waals surface area (Å²) in [7, 11) is 0. The van der Waals surface area contributed by atoms with Gasteiger partial charge in [0.25, 0.3) is 0 Å². The molecule has 124 valence electrons. The third kappa shape index (κ3) is 2.93. The van der Waals surface area contributed by atoms with Crippen LogP contribution in [-0.4, -0.2) is 6.18 Å². The van der Waals surface area contributed by atoms with Crippen molar-refractivity contribution < 1.29 is 13.2 Å². The van der Waals surface area contributed by atoms with E-state index in [1.165, 1.54) is 19.9 Å². The molecule has 4 nitrogen and oxygen atoms in total. The summed E-state index contributed by atoms with van der Waals surface area (Å²) in [5, 5.41) is 36.0. The number of nitriles is 4. The van der Waals surface area contributed by atoms with Gasteiger partial charge in [-0.05, 0) is 42.4 Å². The fraction of sp³-hybridized carbons (Fsp3) is 0.333. The molecule has 0 amide bonds. The van der Waals surface area contributed by atoms with Crippen LogP contribution in [0.2, 0.25) is 0 Å². The minimum Gasteiger partial charge on any atom is -0.192 e. The van der Waals surface area contributed by atoms with E-state index in [-0.39, 0.29) is 11.1 Å². The molecule has 3 unspecified atom stereocenters. The zero-order valence-electron chi connectivity index (χ0n) is 13.3. The monoisotopic (exact) mass is 340 g/mol. The highest BCUT2D eigenvalue weighted by Crippen LogP contribution is 2.64. The first kappa shape index (κ1) is 18.1. The molecular weight excluding hydrogens is 329 g/mol. The number of halogens is 3. The number of hydrogen-bond acceptors (Lipinski definition) is 4. The summed E-state index contributed by atoms with van der Waals surface area (Å²) >= 11 is 0. The Hall–Kier alpha value is -3.29. The molecule has 0 saturated heterocycles. The first-order chi connectivity index (χ1) is 11.7. The molecule has 3 atom stereocenters. The van der Waals surface area contributed by atoms with Crippen molar-refractivity contribution in [3.63, 3.8) is 0 Å². The molecule has 0 aromatic carbocycles. The van der Waals surface area contributed by atoms with Gasteiger partial charge in [-0.1, -0.05) is 12.2 Å². The van der Waals surface area contributed by atoms with Crippen molar-refractivity contribution in [2.24, 2.45) is 17.8 Å². The fourth-order valence-corrected chi connectivity index (χ4v) is 3.39. The molecule has 0 bridgehead atoms. The molecular formula is C18H11F3N4. The van der Waals surface area contributed by atoms with Gasteiger partial charge in [-0.15, -0.1) is 0 Å². The molecule has 25 heavy (non-hydrogen) atoms. The van der Waals surface area contributed by atoms with Gasteiger partial charge in [0.2, 0.25) is 0 Å². The quantitative estimate of drug-likeness (QED) is 0.710. The van der Waals surface area contributed by atoms with E-state index in [1.807, 2.05) is 0 Å². The summed E-state index contributed by atoms with van der Waals surface area (Å²) in [4.78, 5) is 0. The van der Waals surface area contributed by atoms with Gasteiger partial charge in [0.05, 0.1) is 0 Å². The van der Waals surface area contributed by atoms with Gasteiger partial charge in [-0.3, -0.25) is 0 Å². The van der Waals surface area contributed by atoms with Crippen molar-refractivity contribution in [3.8, 4) is 24.3 Å². The molecule has 0 aliphatic heterocycles. The van der Waals surface area contributed by atoms with Gasteiger partial charge in [-0.25, -0.2) is 0 Å². The minimum atomic E-state index is -4.52. The molecule has 0 heterocycles. The summed E-state index contributed by atoms with van der Waals surface area (Å²) in [6.45, 7) is 2.99. The standard InChI is InChI=1S/C18H11F3N4/c1-9(11(5-22)6-23)13-3-4-14(18(19,20)21)17-15(16(13)17)10(2)12(7-24)8-25/h3-4,15-17H,1-2H3. The van der Waals surface area contributed by atoms with Crippen LogP contribution in [0, 0.1) is 63.1 Å². The average molecular weight is 340 g/mol. The number of nitrogens with zero attached hydrogens (tertiary/aromatic N) is 4. The molecule has 0 radical (unpaired) electrons. The summed E-state index contributed by atoms with van der Waals surface area (Å²) in [6.07, 6.45) is -2.29. The zero-order chi connectivity index (χ0) is 18.9. The van der Waals surface area contributed by atoms with Crippen molar-refractivity contribution in [1.82, 2.24) is 0 Å². The summed E-state index contributed by atoms with van der Waals surface area (Å²) in [5.41, 5.74) is -0.00106. The molecule has 2 aliphatic carbocycles. The lowest BCUT2D eigenvalue weighted by atomic mass is 9.91. The Bertz CT molecular complexity index is 886. The average Bonchev–Trinajstić information content (AvgIpc) is 3.30. The molecule has 7 heteroatoms. The highest BCUT2D eigenvalue weighted by atomic mass is 19.4. The number of fused-ring (bicyclic) bond motifs is 1. The van der Waals surface area contributed by atoms with E-state index in [4.69, 9.17) is 21.0 Å². The van der Waals surface area contributed by atoms with Crippen LogP contribution in [0.25, 0.3) is 0 Å². The van der Waals surface area contributed by atoms with Crippen LogP contribution in [0.5, 0.6) is 0 Å². The van der Waals surface area contributed by atoms with Gasteiger partial charge in [0.15, 0.2) is 0 Å². The Morgan fingerprint density at radius 2 is 1.40 bits per heavy atom. The largest absolute Gasteiger partial charge is 0.413 e. The van der Waals surface area contributed by atoms with Crippen molar-refractivity contribution in [2.45, 2.75) is 20.0 Å². The van der Waals surface area contributed by atoms with Crippen LogP contribution in [-0.2, 0) is 0 Å². The van der Waals surface area contributed by atoms with Crippen LogP contribution in [0.3, 0.4) is 0 Å². The lowest BCUT2D eigenvalue weighted by molar-refractivity contribution is -0.0962. The highest BCUT2D eigenvalue weighted by molar-refractivity contribution is 5.57. The van der Waals surface area contributed by atoms with Crippen molar-refractivity contribution in [3.05, 3.63) is 45.6 Å². The lowest BCUT2D eigenvalue weighted by Gasteiger charge is -2.16. The Labute approximate surface area is 142 Å². The maximum absolute atomic E-state index is 13.3. The Balaban J connectivity index is 2.62. The summed E-state index contributed by atoms with van der Waals surface area (Å²) in [6, 6.07) is 6.89. The number of allylic oxidation sites excluding steroid dienone is 8. The van der Waals surface area contributed by atoms with Crippen LogP contribution >= 0.6 is 0 Å². The van der Waals surface area contributed by atoms with E-state index in [1.54, 1.807) is 24.3 Å². The number of hydrogen-bond donors (Lipinski definition) is 0. The van der Waals surface area contributed by atoms with Gasteiger partial charge < -0.3 is 0 Å². The third-order valence-corrected chi connectivity index (χ3v) is 4.66. The summed E-state index contributed by atoms with van der Waals surface area (Å²) < 4.78 is 39.8. The minimum absolute atomic E-state index is 0.165. The fourth-order valence-electron chi connectivity index (χ4n) is 3.39. The second kappa shape index (κ2) is 6.31. The van der Waals surface area contributed by atoms with Gasteiger partial charge in [0.1, 0.15) is 35.4 Å². The zero-order valence-corrected chi connectivity index (χ0v) is 13.3. The molecule has 0 aromatic heterocycles. The lowest BCUT2D eigenvalue weighted by Crippen LogP contribution is -2.16. The van der Waals surface area contributed by atoms with E-state index in [2.05, 4.69) is 0 Å². The van der Waals surface area contributed by atoms with Crippen LogP contribution < -0.4 is 0 Å². The Kier molecular flexibility index (Phi) is 4.56. The van der Waals surface area contributed by atoms with E-state index >= 15 is 0 Å². The smallest absolute Gasteiger partial charge is 0.192 e. The van der Waals surface area contributed by atoms with Crippen LogP contribution in [0.4, 0.5) is 13.2 Å². The maximum atomic E-state index is 13.3. The first-order valence-electron chi connectivity index (χ1n) is 7.24. The highest BCUT2D eigenvalue weighted by Gasteiger charge is 2.61. The van der Waals surface area contributed by atoms with Gasteiger partial charge >= 0.3 is 6.18 Å². The van der Waals surface area contributed by atoms with Crippen molar-refractivity contribution in [1.29, 1.82) is 21.0 Å². The molecule has 1 saturated carbocycles. The van der Waals surface area contributed by atoms with Crippen LogP contribution in [0.15, 0.2) is 45.6 Å². The molecule has 0 spiro atoms. The first-order valence-corrected chi connectivity index (χ1v) is 7.24. The summed E-state index contributed by atoms with van der Waals surface area (Å²) in [5.74, 6) is -2.16. The van der Waals surface area contributed by atoms with Gasteiger partial charge in [-0.2, -0.15) is 34.2 Å². The topological polar surface area (TPSA) is 95.2 Å². The second-order valence-corrected chi connectivity index (χ2v) is 5.82. The normalized spacial score (nSPS) is 23.3. The number of rotatable bonds is 2.